The Morgan fingerprint density at radius 2 is 1.91 bits per heavy atom. The lowest BCUT2D eigenvalue weighted by Crippen LogP contribution is -2.37. The molecule has 0 unspecified atom stereocenters. The smallest absolute Gasteiger partial charge is 0.336 e. The van der Waals surface area contributed by atoms with Crippen LogP contribution in [0.15, 0.2) is 24.3 Å². The first-order valence-electron chi connectivity index (χ1n) is 8.12. The Balaban J connectivity index is 1.85. The Kier molecular flexibility index (Phi) is 3.29. The maximum absolute atomic E-state index is 12.8. The monoisotopic (exact) mass is 310 g/mol. The third-order valence-electron chi connectivity index (χ3n) is 5.01. The molecule has 1 aromatic heterocycles. The Morgan fingerprint density at radius 3 is 2.65 bits per heavy atom. The number of hydrogen-bond acceptors (Lipinski definition) is 3. The SMILES string of the molecule is O=C(O)c1c2c(nc3ccccc13)C(=O)N(C1CCCCC1)C2. The van der Waals surface area contributed by atoms with Crippen molar-refractivity contribution in [2.24, 2.45) is 0 Å². The highest BCUT2D eigenvalue weighted by atomic mass is 16.4. The summed E-state index contributed by atoms with van der Waals surface area (Å²) in [6.07, 6.45) is 5.48. The summed E-state index contributed by atoms with van der Waals surface area (Å²) >= 11 is 0. The molecule has 0 bridgehead atoms. The van der Waals surface area contributed by atoms with E-state index in [0.29, 0.717) is 28.7 Å². The number of carbonyl (C=O) groups is 2. The fraction of sp³-hybridized carbons (Fsp3) is 0.389. The lowest BCUT2D eigenvalue weighted by molar-refractivity contribution is 0.0647. The average Bonchev–Trinajstić information content (AvgIpc) is 2.90. The first-order chi connectivity index (χ1) is 11.2. The second-order valence-electron chi connectivity index (χ2n) is 6.36. The number of para-hydroxylation sites is 1. The fourth-order valence-electron chi connectivity index (χ4n) is 3.89. The number of nitrogens with zero attached hydrogens (tertiary/aromatic N) is 2. The van der Waals surface area contributed by atoms with Crippen molar-refractivity contribution < 1.29 is 14.7 Å². The van der Waals surface area contributed by atoms with Gasteiger partial charge >= 0.3 is 5.97 Å². The van der Waals surface area contributed by atoms with Crippen LogP contribution in [0.4, 0.5) is 0 Å². The Bertz CT molecular complexity index is 809. The molecule has 1 fully saturated rings. The second kappa shape index (κ2) is 5.33. The first kappa shape index (κ1) is 14.2. The van der Waals surface area contributed by atoms with E-state index in [1.165, 1.54) is 6.42 Å². The maximum atomic E-state index is 12.8. The van der Waals surface area contributed by atoms with E-state index in [9.17, 15) is 14.7 Å². The maximum Gasteiger partial charge on any atom is 0.336 e. The summed E-state index contributed by atoms with van der Waals surface area (Å²) < 4.78 is 0. The van der Waals surface area contributed by atoms with E-state index in [1.54, 1.807) is 18.2 Å². The van der Waals surface area contributed by atoms with E-state index in [4.69, 9.17) is 0 Å². The summed E-state index contributed by atoms with van der Waals surface area (Å²) in [6, 6.07) is 7.36. The van der Waals surface area contributed by atoms with E-state index in [1.807, 2.05) is 11.0 Å². The van der Waals surface area contributed by atoms with Crippen molar-refractivity contribution in [3.63, 3.8) is 0 Å². The molecule has 1 aliphatic carbocycles. The van der Waals surface area contributed by atoms with Crippen LogP contribution in [0.5, 0.6) is 0 Å². The zero-order chi connectivity index (χ0) is 16.0. The molecule has 0 spiro atoms. The summed E-state index contributed by atoms with van der Waals surface area (Å²) in [7, 11) is 0. The minimum Gasteiger partial charge on any atom is -0.478 e. The molecule has 2 aliphatic rings. The standard InChI is InChI=1S/C18H18N2O3/c21-17-16-13(10-20(17)11-6-2-1-3-7-11)15(18(22)23)12-8-4-5-9-14(12)19-16/h4-5,8-9,11H,1-3,6-7,10H2,(H,22,23). The van der Waals surface area contributed by atoms with Crippen LogP contribution in [0.3, 0.4) is 0 Å². The van der Waals surface area contributed by atoms with E-state index >= 15 is 0 Å². The van der Waals surface area contributed by atoms with Crippen molar-refractivity contribution in [1.29, 1.82) is 0 Å². The number of aromatic nitrogens is 1. The van der Waals surface area contributed by atoms with Crippen molar-refractivity contribution in [2.75, 3.05) is 0 Å². The van der Waals surface area contributed by atoms with Gasteiger partial charge in [-0.05, 0) is 18.9 Å². The predicted molar refractivity (Wildman–Crippen MR) is 85.4 cm³/mol. The van der Waals surface area contributed by atoms with Crippen LogP contribution in [0.25, 0.3) is 10.9 Å². The summed E-state index contributed by atoms with van der Waals surface area (Å²) in [4.78, 5) is 30.9. The predicted octanol–water partition coefficient (Wildman–Crippen LogP) is 3.22. The van der Waals surface area contributed by atoms with Gasteiger partial charge in [0.2, 0.25) is 0 Å². The van der Waals surface area contributed by atoms with Crippen LogP contribution in [0.2, 0.25) is 0 Å². The number of carboxylic acid groups (broad SMARTS) is 1. The van der Waals surface area contributed by atoms with Crippen molar-refractivity contribution in [2.45, 2.75) is 44.7 Å². The number of aromatic carboxylic acids is 1. The highest BCUT2D eigenvalue weighted by Gasteiger charge is 2.37. The van der Waals surface area contributed by atoms with Crippen LogP contribution in [-0.2, 0) is 6.54 Å². The quantitative estimate of drug-likeness (QED) is 0.924. The van der Waals surface area contributed by atoms with Gasteiger partial charge in [0.05, 0.1) is 11.1 Å². The van der Waals surface area contributed by atoms with Gasteiger partial charge in [0.25, 0.3) is 5.91 Å². The first-order valence-corrected chi connectivity index (χ1v) is 8.12. The highest BCUT2D eigenvalue weighted by molar-refractivity contribution is 6.09. The van der Waals surface area contributed by atoms with Gasteiger partial charge in [0.1, 0.15) is 5.69 Å². The van der Waals surface area contributed by atoms with Crippen LogP contribution in [0, 0.1) is 0 Å². The van der Waals surface area contributed by atoms with Gasteiger partial charge in [-0.15, -0.1) is 0 Å². The molecule has 1 amide bonds. The number of rotatable bonds is 2. The van der Waals surface area contributed by atoms with Gasteiger partial charge in [0, 0.05) is 23.5 Å². The normalized spacial score (nSPS) is 18.4. The van der Waals surface area contributed by atoms with Gasteiger partial charge in [-0.3, -0.25) is 4.79 Å². The molecule has 23 heavy (non-hydrogen) atoms. The van der Waals surface area contributed by atoms with E-state index in [-0.39, 0.29) is 17.5 Å². The van der Waals surface area contributed by atoms with Crippen molar-refractivity contribution in [1.82, 2.24) is 9.88 Å². The molecule has 0 atom stereocenters. The molecule has 2 heterocycles. The molecule has 5 nitrogen and oxygen atoms in total. The molecule has 2 aromatic rings. The van der Waals surface area contributed by atoms with E-state index < -0.39 is 5.97 Å². The fourth-order valence-corrected chi connectivity index (χ4v) is 3.89. The molecule has 1 aliphatic heterocycles. The summed E-state index contributed by atoms with van der Waals surface area (Å²) in [5.41, 5.74) is 1.71. The minimum atomic E-state index is -0.988. The molecule has 1 N–H and O–H groups in total. The topological polar surface area (TPSA) is 70.5 Å². The molecule has 1 aromatic carbocycles. The minimum absolute atomic E-state index is 0.111. The number of benzene rings is 1. The Hall–Kier alpha value is -2.43. The highest BCUT2D eigenvalue weighted by Crippen LogP contribution is 2.34. The molecule has 5 heteroatoms. The van der Waals surface area contributed by atoms with Crippen LogP contribution in [0.1, 0.15) is 58.5 Å². The zero-order valence-electron chi connectivity index (χ0n) is 12.8. The number of amides is 1. The summed E-state index contributed by atoms with van der Waals surface area (Å²) in [5, 5.41) is 10.3. The largest absolute Gasteiger partial charge is 0.478 e. The average molecular weight is 310 g/mol. The van der Waals surface area contributed by atoms with Gasteiger partial charge < -0.3 is 10.0 Å². The molecule has 0 radical (unpaired) electrons. The molecular formula is C18H18N2O3. The van der Waals surface area contributed by atoms with E-state index in [2.05, 4.69) is 4.98 Å². The van der Waals surface area contributed by atoms with Gasteiger partial charge in [0.15, 0.2) is 0 Å². The Labute approximate surface area is 133 Å². The van der Waals surface area contributed by atoms with Crippen LogP contribution >= 0.6 is 0 Å². The zero-order valence-corrected chi connectivity index (χ0v) is 12.8. The third-order valence-corrected chi connectivity index (χ3v) is 5.01. The van der Waals surface area contributed by atoms with Crippen molar-refractivity contribution in [3.8, 4) is 0 Å². The second-order valence-corrected chi connectivity index (χ2v) is 6.36. The molecular weight excluding hydrogens is 292 g/mol. The van der Waals surface area contributed by atoms with Crippen molar-refractivity contribution >= 4 is 22.8 Å². The van der Waals surface area contributed by atoms with E-state index in [0.717, 1.165) is 25.7 Å². The summed E-state index contributed by atoms with van der Waals surface area (Å²) in [6.45, 7) is 0.373. The third kappa shape index (κ3) is 2.19. The van der Waals surface area contributed by atoms with Gasteiger partial charge in [-0.2, -0.15) is 0 Å². The van der Waals surface area contributed by atoms with Crippen molar-refractivity contribution in [3.05, 3.63) is 41.1 Å². The number of carboxylic acids is 1. The lowest BCUT2D eigenvalue weighted by Gasteiger charge is -2.30. The lowest BCUT2D eigenvalue weighted by atomic mass is 9.94. The number of hydrogen-bond donors (Lipinski definition) is 1. The van der Waals surface area contributed by atoms with Crippen LogP contribution < -0.4 is 0 Å². The Morgan fingerprint density at radius 1 is 1.17 bits per heavy atom. The molecule has 4 rings (SSSR count). The number of pyridine rings is 1. The molecule has 0 saturated heterocycles. The molecule has 118 valence electrons. The van der Waals surface area contributed by atoms with Crippen LogP contribution in [-0.4, -0.2) is 32.9 Å². The van der Waals surface area contributed by atoms with Gasteiger partial charge in [-0.25, -0.2) is 9.78 Å². The molecule has 1 saturated carbocycles. The number of fused-ring (bicyclic) bond motifs is 2. The summed E-state index contributed by atoms with van der Waals surface area (Å²) in [5.74, 6) is -1.10. The number of carbonyl (C=O) groups excluding carboxylic acids is 1. The van der Waals surface area contributed by atoms with Gasteiger partial charge in [-0.1, -0.05) is 37.5 Å².